The first-order chi connectivity index (χ1) is 12.9. The van der Waals surface area contributed by atoms with Gasteiger partial charge in [-0.25, -0.2) is 8.42 Å². The minimum Gasteiger partial charge on any atom is -0.335 e. The highest BCUT2D eigenvalue weighted by Gasteiger charge is 2.32. The van der Waals surface area contributed by atoms with Gasteiger partial charge in [-0.3, -0.25) is 4.79 Å². The highest BCUT2D eigenvalue weighted by molar-refractivity contribution is 9.11. The van der Waals surface area contributed by atoms with Crippen molar-refractivity contribution >= 4 is 54.5 Å². The van der Waals surface area contributed by atoms with E-state index in [-0.39, 0.29) is 5.91 Å². The monoisotopic (exact) mass is 488 g/mol. The fourth-order valence-corrected chi connectivity index (χ4v) is 8.43. The van der Waals surface area contributed by atoms with Crippen LogP contribution in [0.4, 0.5) is 0 Å². The van der Waals surface area contributed by atoms with Crippen molar-refractivity contribution in [3.63, 3.8) is 0 Å². The van der Waals surface area contributed by atoms with Crippen molar-refractivity contribution in [3.05, 3.63) is 37.3 Å². The number of rotatable bonds is 3. The number of hydrogen-bond donors (Lipinski definition) is 0. The van der Waals surface area contributed by atoms with E-state index in [0.29, 0.717) is 30.4 Å². The maximum atomic E-state index is 12.9. The molecule has 4 rings (SSSR count). The molecule has 146 valence electrons. The number of thiophene rings is 2. The molecule has 0 N–H and O–H groups in total. The molecule has 0 atom stereocenters. The summed E-state index contributed by atoms with van der Waals surface area (Å²) in [6.45, 7) is 1.56. The van der Waals surface area contributed by atoms with Gasteiger partial charge in [0.15, 0.2) is 0 Å². The molecule has 0 spiro atoms. The molecule has 2 aromatic rings. The summed E-state index contributed by atoms with van der Waals surface area (Å²) in [5, 5.41) is 0. The van der Waals surface area contributed by atoms with Crippen LogP contribution in [-0.2, 0) is 22.9 Å². The van der Waals surface area contributed by atoms with Gasteiger partial charge in [-0.05, 0) is 65.4 Å². The fraction of sp³-hybridized carbons (Fsp3) is 0.500. The summed E-state index contributed by atoms with van der Waals surface area (Å²) in [7, 11) is -3.47. The largest absolute Gasteiger partial charge is 0.335 e. The third-order valence-corrected chi connectivity index (χ3v) is 10.3. The van der Waals surface area contributed by atoms with Gasteiger partial charge >= 0.3 is 0 Å². The van der Waals surface area contributed by atoms with E-state index in [0.717, 1.165) is 21.5 Å². The lowest BCUT2D eigenvalue weighted by Gasteiger charge is -2.33. The topological polar surface area (TPSA) is 57.7 Å². The molecule has 0 radical (unpaired) electrons. The van der Waals surface area contributed by atoms with Gasteiger partial charge in [-0.1, -0.05) is 6.42 Å². The minimum atomic E-state index is -3.47. The third kappa shape index (κ3) is 4.03. The van der Waals surface area contributed by atoms with Gasteiger partial charge in [0.25, 0.3) is 15.9 Å². The van der Waals surface area contributed by atoms with E-state index in [9.17, 15) is 13.2 Å². The molecule has 3 heterocycles. The maximum Gasteiger partial charge on any atom is 0.264 e. The van der Waals surface area contributed by atoms with Gasteiger partial charge in [0.1, 0.15) is 4.21 Å². The number of aryl methyl sites for hydroxylation is 2. The maximum absolute atomic E-state index is 12.9. The van der Waals surface area contributed by atoms with Gasteiger partial charge in [0, 0.05) is 31.1 Å². The van der Waals surface area contributed by atoms with Crippen LogP contribution in [0.1, 0.15) is 39.4 Å². The van der Waals surface area contributed by atoms with Crippen molar-refractivity contribution in [1.29, 1.82) is 0 Å². The van der Waals surface area contributed by atoms with E-state index >= 15 is 0 Å². The van der Waals surface area contributed by atoms with Crippen LogP contribution in [0.15, 0.2) is 26.2 Å². The van der Waals surface area contributed by atoms with E-state index in [2.05, 4.69) is 22.0 Å². The number of sulfonamides is 1. The summed E-state index contributed by atoms with van der Waals surface area (Å²) in [5.74, 6) is 0.0454. The molecule has 0 aromatic carbocycles. The number of amides is 1. The van der Waals surface area contributed by atoms with Crippen LogP contribution in [0.3, 0.4) is 0 Å². The average molecular weight is 489 g/mol. The van der Waals surface area contributed by atoms with Crippen molar-refractivity contribution in [3.8, 4) is 0 Å². The van der Waals surface area contributed by atoms with Gasteiger partial charge in [-0.15, -0.1) is 22.7 Å². The molecule has 2 aromatic heterocycles. The van der Waals surface area contributed by atoms with Crippen molar-refractivity contribution < 1.29 is 13.2 Å². The quantitative estimate of drug-likeness (QED) is 0.613. The highest BCUT2D eigenvalue weighted by atomic mass is 79.9. The number of fused-ring (bicyclic) bond motifs is 1. The molecule has 0 unspecified atom stereocenters. The molecule has 9 heteroatoms. The lowest BCUT2D eigenvalue weighted by molar-refractivity contribution is 0.0703. The second kappa shape index (κ2) is 7.94. The van der Waals surface area contributed by atoms with Crippen LogP contribution in [-0.4, -0.2) is 49.7 Å². The van der Waals surface area contributed by atoms with Crippen molar-refractivity contribution in [1.82, 2.24) is 9.21 Å². The number of carbonyl (C=O) groups excluding carboxylic acids is 1. The van der Waals surface area contributed by atoms with E-state index in [1.165, 1.54) is 45.3 Å². The fourth-order valence-electron chi connectivity index (χ4n) is 3.62. The molecular weight excluding hydrogens is 468 g/mol. The van der Waals surface area contributed by atoms with Gasteiger partial charge in [-0.2, -0.15) is 4.31 Å². The van der Waals surface area contributed by atoms with Crippen LogP contribution in [0.2, 0.25) is 0 Å². The zero-order chi connectivity index (χ0) is 19.0. The van der Waals surface area contributed by atoms with Gasteiger partial charge < -0.3 is 4.90 Å². The Morgan fingerprint density at radius 3 is 2.44 bits per heavy atom. The average Bonchev–Trinajstić information content (AvgIpc) is 3.22. The van der Waals surface area contributed by atoms with E-state index in [1.54, 1.807) is 28.4 Å². The van der Waals surface area contributed by atoms with Crippen LogP contribution in [0, 0.1) is 0 Å². The molecular formula is C18H21BrN2O3S3. The Morgan fingerprint density at radius 1 is 1.00 bits per heavy atom. The SMILES string of the molecule is O=C(c1cc2c(s1)CCCCC2)N1CCN(S(=O)(=O)c2ccc(Br)s2)CC1. The second-order valence-electron chi connectivity index (χ2n) is 6.87. The summed E-state index contributed by atoms with van der Waals surface area (Å²) in [6, 6.07) is 5.44. The van der Waals surface area contributed by atoms with Crippen LogP contribution < -0.4 is 0 Å². The Kier molecular flexibility index (Phi) is 5.76. The van der Waals surface area contributed by atoms with Crippen molar-refractivity contribution in [2.75, 3.05) is 26.2 Å². The van der Waals surface area contributed by atoms with E-state index < -0.39 is 10.0 Å². The smallest absolute Gasteiger partial charge is 0.264 e. The number of piperazine rings is 1. The van der Waals surface area contributed by atoms with E-state index in [4.69, 9.17) is 0 Å². The molecule has 5 nitrogen and oxygen atoms in total. The normalized spacial score (nSPS) is 18.9. The van der Waals surface area contributed by atoms with E-state index in [1.807, 2.05) is 0 Å². The highest BCUT2D eigenvalue weighted by Crippen LogP contribution is 2.31. The predicted molar refractivity (Wildman–Crippen MR) is 112 cm³/mol. The lowest BCUT2D eigenvalue weighted by atomic mass is 10.1. The predicted octanol–water partition coefficient (Wildman–Crippen LogP) is 3.99. The minimum absolute atomic E-state index is 0.0454. The molecule has 2 aliphatic rings. The molecule has 1 amide bonds. The van der Waals surface area contributed by atoms with Gasteiger partial charge in [0.05, 0.1) is 8.66 Å². The summed E-state index contributed by atoms with van der Waals surface area (Å²) < 4.78 is 28.1. The molecule has 1 fully saturated rings. The zero-order valence-corrected chi connectivity index (χ0v) is 18.9. The molecule has 0 saturated carbocycles. The Labute approximate surface area is 176 Å². The number of carbonyl (C=O) groups is 1. The standard InChI is InChI=1S/C18H21BrN2O3S3/c19-16-6-7-17(26-16)27(23,24)21-10-8-20(9-11-21)18(22)15-12-13-4-2-1-3-5-14(13)25-15/h6-7,12H,1-5,8-11H2. The molecule has 27 heavy (non-hydrogen) atoms. The summed E-state index contributed by atoms with van der Waals surface area (Å²) in [4.78, 5) is 16.9. The van der Waals surface area contributed by atoms with Crippen molar-refractivity contribution in [2.45, 2.75) is 36.3 Å². The Morgan fingerprint density at radius 2 is 1.74 bits per heavy atom. The number of halogens is 1. The van der Waals surface area contributed by atoms with Crippen LogP contribution in [0.5, 0.6) is 0 Å². The Balaban J connectivity index is 1.42. The van der Waals surface area contributed by atoms with Gasteiger partial charge in [0.2, 0.25) is 0 Å². The third-order valence-electron chi connectivity index (χ3n) is 5.13. The second-order valence-corrected chi connectivity index (χ2v) is 12.6. The Bertz CT molecular complexity index is 919. The summed E-state index contributed by atoms with van der Waals surface area (Å²) >= 11 is 6.16. The molecule has 1 aliphatic heterocycles. The molecule has 1 aliphatic carbocycles. The first-order valence-electron chi connectivity index (χ1n) is 9.11. The zero-order valence-electron chi connectivity index (χ0n) is 14.8. The summed E-state index contributed by atoms with van der Waals surface area (Å²) in [5.41, 5.74) is 1.34. The first-order valence-corrected chi connectivity index (χ1v) is 13.0. The Hall–Kier alpha value is -0.740. The van der Waals surface area contributed by atoms with Crippen LogP contribution in [0.25, 0.3) is 0 Å². The van der Waals surface area contributed by atoms with Crippen molar-refractivity contribution in [2.24, 2.45) is 0 Å². The molecule has 0 bridgehead atoms. The lowest BCUT2D eigenvalue weighted by Crippen LogP contribution is -2.50. The number of nitrogens with zero attached hydrogens (tertiary/aromatic N) is 2. The first kappa shape index (κ1) is 19.6. The molecule has 1 saturated heterocycles. The van der Waals surface area contributed by atoms with Crippen LogP contribution >= 0.6 is 38.6 Å². The summed E-state index contributed by atoms with van der Waals surface area (Å²) in [6.07, 6.45) is 5.82. The number of hydrogen-bond acceptors (Lipinski definition) is 5.